The largest absolute Gasteiger partial charge is 0.454 e. The SMILES string of the molecule is CC[C@H](C)[C@H]1O[C@@H](n2c(=O)n(CC3CC3)c3c(=O)[nH]c(NC(C)=O)nc32)[C@H](OC(C)=O)[C@H]1F. The lowest BCUT2D eigenvalue weighted by atomic mass is 9.97. The van der Waals surface area contributed by atoms with E-state index in [1.54, 1.807) is 6.92 Å². The summed E-state index contributed by atoms with van der Waals surface area (Å²) in [6.45, 7) is 6.38. The molecule has 12 heteroatoms. The van der Waals surface area contributed by atoms with Gasteiger partial charge in [-0.05, 0) is 24.7 Å². The van der Waals surface area contributed by atoms with Gasteiger partial charge in [0.2, 0.25) is 11.9 Å². The zero-order chi connectivity index (χ0) is 24.0. The second-order valence-corrected chi connectivity index (χ2v) is 8.87. The number of alkyl halides is 1. The van der Waals surface area contributed by atoms with Gasteiger partial charge >= 0.3 is 11.7 Å². The number of amides is 1. The standard InChI is InChI=1S/C21H28FN5O6/c1-5-9(2)15-13(22)16(32-11(4)29)19(33-15)27-17-14(26(21(27)31)8-12-6-7-12)18(30)25-20(24-17)23-10(3)28/h9,12-13,15-16,19H,5-8H2,1-4H3,(H2,23,24,25,28,30)/t9-,13-,15+,16+,19+/m0/s1. The van der Waals surface area contributed by atoms with Gasteiger partial charge in [0.15, 0.2) is 29.7 Å². The molecular formula is C21H28FN5O6. The van der Waals surface area contributed by atoms with E-state index in [0.717, 1.165) is 24.3 Å². The number of nitrogens with zero attached hydrogens (tertiary/aromatic N) is 3. The molecule has 0 aromatic carbocycles. The van der Waals surface area contributed by atoms with E-state index in [4.69, 9.17) is 9.47 Å². The summed E-state index contributed by atoms with van der Waals surface area (Å²) >= 11 is 0. The highest BCUT2D eigenvalue weighted by atomic mass is 19.1. The van der Waals surface area contributed by atoms with Gasteiger partial charge in [-0.25, -0.2) is 13.8 Å². The fourth-order valence-corrected chi connectivity index (χ4v) is 4.23. The summed E-state index contributed by atoms with van der Waals surface area (Å²) in [7, 11) is 0. The first kappa shape index (κ1) is 23.1. The van der Waals surface area contributed by atoms with Gasteiger partial charge < -0.3 is 9.47 Å². The number of imidazole rings is 1. The number of halogens is 1. The molecule has 33 heavy (non-hydrogen) atoms. The number of ether oxygens (including phenoxy) is 2. The van der Waals surface area contributed by atoms with Crippen LogP contribution in [0.25, 0.3) is 11.2 Å². The van der Waals surface area contributed by atoms with Crippen LogP contribution in [0.1, 0.15) is 53.2 Å². The number of rotatable bonds is 7. The maximum atomic E-state index is 15.4. The molecule has 2 fully saturated rings. The van der Waals surface area contributed by atoms with Gasteiger partial charge in [0.25, 0.3) is 5.56 Å². The third kappa shape index (κ3) is 4.31. The fourth-order valence-electron chi connectivity index (χ4n) is 4.23. The molecule has 2 aliphatic rings. The second kappa shape index (κ2) is 8.73. The first-order chi connectivity index (χ1) is 15.6. The number of hydrogen-bond acceptors (Lipinski definition) is 7. The van der Waals surface area contributed by atoms with Crippen molar-refractivity contribution in [3.63, 3.8) is 0 Å². The summed E-state index contributed by atoms with van der Waals surface area (Å²) in [5.41, 5.74) is -1.33. The topological polar surface area (TPSA) is 137 Å². The molecule has 2 aromatic rings. The Bertz CT molecular complexity index is 1200. The molecule has 11 nitrogen and oxygen atoms in total. The normalized spacial score (nSPS) is 25.8. The second-order valence-electron chi connectivity index (χ2n) is 8.87. The van der Waals surface area contributed by atoms with Crippen molar-refractivity contribution in [2.24, 2.45) is 11.8 Å². The minimum absolute atomic E-state index is 0.00595. The summed E-state index contributed by atoms with van der Waals surface area (Å²) < 4.78 is 29.0. The van der Waals surface area contributed by atoms with E-state index in [2.05, 4.69) is 15.3 Å². The maximum absolute atomic E-state index is 15.4. The van der Waals surface area contributed by atoms with Gasteiger partial charge in [-0.1, -0.05) is 20.3 Å². The number of esters is 1. The lowest BCUT2D eigenvalue weighted by Gasteiger charge is -2.20. The van der Waals surface area contributed by atoms with Gasteiger partial charge in [-0.2, -0.15) is 4.98 Å². The van der Waals surface area contributed by atoms with Crippen molar-refractivity contribution in [1.29, 1.82) is 0 Å². The van der Waals surface area contributed by atoms with E-state index in [-0.39, 0.29) is 28.9 Å². The summed E-state index contributed by atoms with van der Waals surface area (Å²) in [6, 6.07) is 0. The Hall–Kier alpha value is -3.02. The molecule has 1 saturated carbocycles. The highest BCUT2D eigenvalue weighted by Gasteiger charge is 2.51. The Morgan fingerprint density at radius 3 is 2.61 bits per heavy atom. The van der Waals surface area contributed by atoms with Crippen LogP contribution in [0.4, 0.5) is 10.3 Å². The first-order valence-corrected chi connectivity index (χ1v) is 11.1. The number of nitrogens with one attached hydrogen (secondary N) is 2. The minimum atomic E-state index is -1.68. The molecule has 2 N–H and O–H groups in total. The van der Waals surface area contributed by atoms with Crippen LogP contribution in [0.3, 0.4) is 0 Å². The molecule has 4 rings (SSSR count). The molecule has 0 spiro atoms. The molecule has 1 aliphatic carbocycles. The molecular weight excluding hydrogens is 437 g/mol. The van der Waals surface area contributed by atoms with Crippen molar-refractivity contribution in [3.05, 3.63) is 20.8 Å². The van der Waals surface area contributed by atoms with Crippen LogP contribution in [0.2, 0.25) is 0 Å². The monoisotopic (exact) mass is 465 g/mol. The van der Waals surface area contributed by atoms with Gasteiger partial charge in [-0.15, -0.1) is 0 Å². The molecule has 2 aromatic heterocycles. The van der Waals surface area contributed by atoms with E-state index in [0.29, 0.717) is 13.0 Å². The van der Waals surface area contributed by atoms with Crippen molar-refractivity contribution in [3.8, 4) is 0 Å². The predicted octanol–water partition coefficient (Wildman–Crippen LogP) is 1.47. The Kier molecular flexibility index (Phi) is 6.12. The van der Waals surface area contributed by atoms with Crippen LogP contribution in [-0.4, -0.2) is 49.4 Å². The Balaban J connectivity index is 1.92. The number of aromatic nitrogens is 4. The zero-order valence-corrected chi connectivity index (χ0v) is 19.0. The van der Waals surface area contributed by atoms with Crippen LogP contribution in [0.5, 0.6) is 0 Å². The average Bonchev–Trinajstić information content (AvgIpc) is 3.44. The Morgan fingerprint density at radius 2 is 2.03 bits per heavy atom. The van der Waals surface area contributed by atoms with E-state index in [9.17, 15) is 19.2 Å². The van der Waals surface area contributed by atoms with Crippen molar-refractivity contribution in [2.75, 3.05) is 5.32 Å². The van der Waals surface area contributed by atoms with Crippen molar-refractivity contribution in [2.45, 2.75) is 78.1 Å². The van der Waals surface area contributed by atoms with Crippen LogP contribution in [0.15, 0.2) is 9.59 Å². The van der Waals surface area contributed by atoms with Crippen molar-refractivity contribution < 1.29 is 23.5 Å². The van der Waals surface area contributed by atoms with Crippen LogP contribution in [0, 0.1) is 11.8 Å². The molecule has 3 heterocycles. The average molecular weight is 465 g/mol. The maximum Gasteiger partial charge on any atom is 0.332 e. The quantitative estimate of drug-likeness (QED) is 0.591. The third-order valence-electron chi connectivity index (χ3n) is 6.21. The van der Waals surface area contributed by atoms with Gasteiger partial charge in [0.1, 0.15) is 0 Å². The number of anilines is 1. The summed E-state index contributed by atoms with van der Waals surface area (Å²) in [5.74, 6) is -1.33. The Labute approximate surface area is 188 Å². The lowest BCUT2D eigenvalue weighted by molar-refractivity contribution is -0.154. The minimum Gasteiger partial charge on any atom is -0.454 e. The number of H-pyrrole nitrogens is 1. The molecule has 1 aliphatic heterocycles. The molecule has 5 atom stereocenters. The van der Waals surface area contributed by atoms with Gasteiger partial charge in [-0.3, -0.25) is 29.3 Å². The molecule has 0 unspecified atom stereocenters. The van der Waals surface area contributed by atoms with E-state index in [1.165, 1.54) is 11.5 Å². The number of fused-ring (bicyclic) bond motifs is 1. The van der Waals surface area contributed by atoms with Crippen LogP contribution >= 0.6 is 0 Å². The van der Waals surface area contributed by atoms with Crippen molar-refractivity contribution >= 4 is 29.0 Å². The molecule has 1 saturated heterocycles. The summed E-state index contributed by atoms with van der Waals surface area (Å²) in [6.07, 6.45) is -2.87. The van der Waals surface area contributed by atoms with Crippen LogP contribution in [-0.2, 0) is 25.6 Å². The molecule has 180 valence electrons. The number of carbonyl (C=O) groups is 2. The Morgan fingerprint density at radius 1 is 1.33 bits per heavy atom. The van der Waals surface area contributed by atoms with Gasteiger partial charge in [0.05, 0.1) is 6.10 Å². The van der Waals surface area contributed by atoms with E-state index in [1.807, 2.05) is 6.92 Å². The zero-order valence-electron chi connectivity index (χ0n) is 19.0. The lowest BCUT2D eigenvalue weighted by Crippen LogP contribution is -2.37. The van der Waals surface area contributed by atoms with Crippen LogP contribution < -0.4 is 16.6 Å². The fraction of sp³-hybridized carbons (Fsp3) is 0.667. The number of aromatic amines is 1. The van der Waals surface area contributed by atoms with Gasteiger partial charge in [0, 0.05) is 20.4 Å². The first-order valence-electron chi connectivity index (χ1n) is 11.1. The molecule has 0 bridgehead atoms. The third-order valence-corrected chi connectivity index (χ3v) is 6.21. The molecule has 1 amide bonds. The highest BCUT2D eigenvalue weighted by Crippen LogP contribution is 2.39. The smallest absolute Gasteiger partial charge is 0.332 e. The number of hydrogen-bond donors (Lipinski definition) is 2. The number of carbonyl (C=O) groups excluding carboxylic acids is 2. The summed E-state index contributed by atoms with van der Waals surface area (Å²) in [5, 5.41) is 2.40. The van der Waals surface area contributed by atoms with E-state index >= 15 is 4.39 Å². The molecule has 0 radical (unpaired) electrons. The van der Waals surface area contributed by atoms with E-state index < -0.39 is 47.7 Å². The highest BCUT2D eigenvalue weighted by molar-refractivity contribution is 5.87. The van der Waals surface area contributed by atoms with Crippen molar-refractivity contribution in [1.82, 2.24) is 19.1 Å². The predicted molar refractivity (Wildman–Crippen MR) is 115 cm³/mol. The summed E-state index contributed by atoms with van der Waals surface area (Å²) in [4.78, 5) is 56.4.